The van der Waals surface area contributed by atoms with Gasteiger partial charge in [0.15, 0.2) is 0 Å². The van der Waals surface area contributed by atoms with Crippen molar-refractivity contribution in [1.29, 1.82) is 0 Å². The minimum Gasteiger partial charge on any atom is -0.497 e. The van der Waals surface area contributed by atoms with Crippen LogP contribution in [0.2, 0.25) is 0 Å². The number of anilines is 1. The van der Waals surface area contributed by atoms with Gasteiger partial charge in [0.1, 0.15) is 11.5 Å². The molecule has 0 radical (unpaired) electrons. The number of carbonyl (C=O) groups excluding carboxylic acids is 1. The molecule has 0 bridgehead atoms. The van der Waals surface area contributed by atoms with Crippen molar-refractivity contribution in [3.63, 3.8) is 0 Å². The summed E-state index contributed by atoms with van der Waals surface area (Å²) < 4.78 is 10.5. The molecule has 3 rings (SSSR count). The Labute approximate surface area is 135 Å². The standard InChI is InChI=1S/C19H19NO3/c1-22-16-11-14(12-17(13-16)23-2)7-8-19(21)20-10-9-15-5-3-4-6-18(15)20/h3-8,11-13H,9-10H2,1-2H3/b8-7+. The molecule has 1 heterocycles. The fourth-order valence-electron chi connectivity index (χ4n) is 2.75. The second-order valence-corrected chi connectivity index (χ2v) is 5.35. The van der Waals surface area contributed by atoms with Crippen molar-refractivity contribution in [2.45, 2.75) is 6.42 Å². The summed E-state index contributed by atoms with van der Waals surface area (Å²) in [6.45, 7) is 0.726. The van der Waals surface area contributed by atoms with Crippen LogP contribution < -0.4 is 14.4 Å². The van der Waals surface area contributed by atoms with Gasteiger partial charge in [-0.15, -0.1) is 0 Å². The minimum absolute atomic E-state index is 0.0169. The molecule has 0 atom stereocenters. The second-order valence-electron chi connectivity index (χ2n) is 5.35. The molecule has 0 fully saturated rings. The molecule has 0 aromatic heterocycles. The summed E-state index contributed by atoms with van der Waals surface area (Å²) in [5.41, 5.74) is 3.09. The van der Waals surface area contributed by atoms with E-state index in [9.17, 15) is 4.79 Å². The van der Waals surface area contributed by atoms with E-state index in [-0.39, 0.29) is 5.91 Å². The molecule has 4 heteroatoms. The predicted molar refractivity (Wildman–Crippen MR) is 91.1 cm³/mol. The number of ether oxygens (including phenoxy) is 2. The first kappa shape index (κ1) is 15.2. The highest BCUT2D eigenvalue weighted by Crippen LogP contribution is 2.28. The molecule has 0 unspecified atom stereocenters. The third-order valence-electron chi connectivity index (χ3n) is 3.95. The molecule has 0 aliphatic carbocycles. The van der Waals surface area contributed by atoms with Crippen molar-refractivity contribution in [2.75, 3.05) is 25.7 Å². The highest BCUT2D eigenvalue weighted by atomic mass is 16.5. The summed E-state index contributed by atoms with van der Waals surface area (Å²) in [5, 5.41) is 0. The van der Waals surface area contributed by atoms with E-state index in [1.54, 1.807) is 32.4 Å². The Hall–Kier alpha value is -2.75. The van der Waals surface area contributed by atoms with Crippen LogP contribution in [0.3, 0.4) is 0 Å². The van der Waals surface area contributed by atoms with Gasteiger partial charge in [0.05, 0.1) is 14.2 Å². The van der Waals surface area contributed by atoms with Crippen LogP contribution in [-0.4, -0.2) is 26.7 Å². The summed E-state index contributed by atoms with van der Waals surface area (Å²) in [5.74, 6) is 1.38. The van der Waals surface area contributed by atoms with Crippen molar-refractivity contribution in [3.8, 4) is 11.5 Å². The molecule has 0 saturated carbocycles. The topological polar surface area (TPSA) is 38.8 Å². The predicted octanol–water partition coefficient (Wildman–Crippen LogP) is 3.31. The molecule has 0 spiro atoms. The Balaban J connectivity index is 1.79. The molecular weight excluding hydrogens is 290 g/mol. The number of nitrogens with zero attached hydrogens (tertiary/aromatic N) is 1. The quantitative estimate of drug-likeness (QED) is 0.813. The van der Waals surface area contributed by atoms with E-state index < -0.39 is 0 Å². The number of amides is 1. The monoisotopic (exact) mass is 309 g/mol. The summed E-state index contributed by atoms with van der Waals surface area (Å²) in [7, 11) is 3.21. The average molecular weight is 309 g/mol. The summed E-state index contributed by atoms with van der Waals surface area (Å²) in [6.07, 6.45) is 4.29. The highest BCUT2D eigenvalue weighted by molar-refractivity contribution is 6.05. The summed E-state index contributed by atoms with van der Waals surface area (Å²) in [6, 6.07) is 13.6. The Morgan fingerprint density at radius 2 is 1.78 bits per heavy atom. The van der Waals surface area contributed by atoms with E-state index in [0.29, 0.717) is 11.5 Å². The minimum atomic E-state index is -0.0169. The van der Waals surface area contributed by atoms with Gasteiger partial charge < -0.3 is 14.4 Å². The number of hydrogen-bond acceptors (Lipinski definition) is 3. The summed E-state index contributed by atoms with van der Waals surface area (Å²) in [4.78, 5) is 14.3. The van der Waals surface area contributed by atoms with Crippen LogP contribution in [0.4, 0.5) is 5.69 Å². The van der Waals surface area contributed by atoms with Crippen molar-refractivity contribution >= 4 is 17.7 Å². The number of benzene rings is 2. The van der Waals surface area contributed by atoms with Gasteiger partial charge in [0.2, 0.25) is 0 Å². The van der Waals surface area contributed by atoms with Crippen LogP contribution in [0.25, 0.3) is 6.08 Å². The molecule has 2 aromatic carbocycles. The Bertz CT molecular complexity index is 730. The first-order valence-corrected chi connectivity index (χ1v) is 7.52. The number of rotatable bonds is 4. The number of carbonyl (C=O) groups is 1. The van der Waals surface area contributed by atoms with Crippen molar-refractivity contribution < 1.29 is 14.3 Å². The van der Waals surface area contributed by atoms with E-state index in [1.807, 2.05) is 35.2 Å². The van der Waals surface area contributed by atoms with Crippen molar-refractivity contribution in [2.24, 2.45) is 0 Å². The van der Waals surface area contributed by atoms with Crippen molar-refractivity contribution in [1.82, 2.24) is 0 Å². The van der Waals surface area contributed by atoms with E-state index in [4.69, 9.17) is 9.47 Å². The first-order chi connectivity index (χ1) is 11.2. The van der Waals surface area contributed by atoms with Crippen LogP contribution in [-0.2, 0) is 11.2 Å². The maximum atomic E-state index is 12.5. The lowest BCUT2D eigenvalue weighted by Crippen LogP contribution is -2.26. The van der Waals surface area contributed by atoms with E-state index in [0.717, 1.165) is 24.2 Å². The third kappa shape index (κ3) is 3.21. The Morgan fingerprint density at radius 3 is 2.48 bits per heavy atom. The lowest BCUT2D eigenvalue weighted by atomic mass is 10.1. The van der Waals surface area contributed by atoms with E-state index in [1.165, 1.54) is 5.56 Å². The first-order valence-electron chi connectivity index (χ1n) is 7.52. The largest absolute Gasteiger partial charge is 0.497 e. The lowest BCUT2D eigenvalue weighted by molar-refractivity contribution is -0.114. The Kier molecular flexibility index (Phi) is 4.33. The molecule has 1 amide bonds. The molecule has 118 valence electrons. The fraction of sp³-hybridized carbons (Fsp3) is 0.211. The summed E-state index contributed by atoms with van der Waals surface area (Å²) >= 11 is 0. The smallest absolute Gasteiger partial charge is 0.251 e. The molecule has 1 aliphatic heterocycles. The van der Waals surface area contributed by atoms with Gasteiger partial charge in [0, 0.05) is 24.4 Å². The number of fused-ring (bicyclic) bond motifs is 1. The molecule has 0 N–H and O–H groups in total. The third-order valence-corrected chi connectivity index (χ3v) is 3.95. The van der Waals surface area contributed by atoms with Gasteiger partial charge in [-0.1, -0.05) is 18.2 Å². The maximum absolute atomic E-state index is 12.5. The zero-order valence-electron chi connectivity index (χ0n) is 13.3. The van der Waals surface area contributed by atoms with Gasteiger partial charge in [-0.05, 0) is 41.8 Å². The molecule has 0 saturated heterocycles. The van der Waals surface area contributed by atoms with Gasteiger partial charge in [-0.2, -0.15) is 0 Å². The SMILES string of the molecule is COc1cc(/C=C/C(=O)N2CCc3ccccc32)cc(OC)c1. The van der Waals surface area contributed by atoms with Crippen molar-refractivity contribution in [3.05, 3.63) is 59.7 Å². The molecule has 4 nitrogen and oxygen atoms in total. The van der Waals surface area contributed by atoms with Crippen LogP contribution >= 0.6 is 0 Å². The second kappa shape index (κ2) is 6.57. The molecular formula is C19H19NO3. The highest BCUT2D eigenvalue weighted by Gasteiger charge is 2.22. The Morgan fingerprint density at radius 1 is 1.09 bits per heavy atom. The van der Waals surface area contributed by atoms with E-state index >= 15 is 0 Å². The van der Waals surface area contributed by atoms with Gasteiger partial charge in [0.25, 0.3) is 5.91 Å². The molecule has 1 aliphatic rings. The van der Waals surface area contributed by atoms with E-state index in [2.05, 4.69) is 6.07 Å². The zero-order chi connectivity index (χ0) is 16.2. The van der Waals surface area contributed by atoms with Crippen LogP contribution in [0.5, 0.6) is 11.5 Å². The number of hydrogen-bond donors (Lipinski definition) is 0. The fourth-order valence-corrected chi connectivity index (χ4v) is 2.75. The lowest BCUT2D eigenvalue weighted by Gasteiger charge is -2.14. The number of para-hydroxylation sites is 1. The molecule has 2 aromatic rings. The van der Waals surface area contributed by atoms with Gasteiger partial charge in [-0.3, -0.25) is 4.79 Å². The van der Waals surface area contributed by atoms with Gasteiger partial charge >= 0.3 is 0 Å². The van der Waals surface area contributed by atoms with Crippen LogP contribution in [0, 0.1) is 0 Å². The molecule has 23 heavy (non-hydrogen) atoms. The normalized spacial score (nSPS) is 13.2. The van der Waals surface area contributed by atoms with Crippen LogP contribution in [0.1, 0.15) is 11.1 Å². The van der Waals surface area contributed by atoms with Crippen LogP contribution in [0.15, 0.2) is 48.5 Å². The number of methoxy groups -OCH3 is 2. The zero-order valence-corrected chi connectivity index (χ0v) is 13.3. The van der Waals surface area contributed by atoms with Gasteiger partial charge in [-0.25, -0.2) is 0 Å². The maximum Gasteiger partial charge on any atom is 0.251 e. The average Bonchev–Trinajstić information content (AvgIpc) is 3.03.